The van der Waals surface area contributed by atoms with Gasteiger partial charge < -0.3 is 9.47 Å². The van der Waals surface area contributed by atoms with Gasteiger partial charge in [-0.3, -0.25) is 0 Å². The number of benzene rings is 1. The maximum Gasteiger partial charge on any atom is 0.161 e. The average Bonchev–Trinajstić information content (AvgIpc) is 2.53. The summed E-state index contributed by atoms with van der Waals surface area (Å²) in [7, 11) is 1.72. The molecule has 0 fully saturated rings. The zero-order valence-electron chi connectivity index (χ0n) is 13.4. The van der Waals surface area contributed by atoms with Crippen LogP contribution in [0.3, 0.4) is 0 Å². The van der Waals surface area contributed by atoms with Crippen molar-refractivity contribution in [1.29, 1.82) is 0 Å². The van der Waals surface area contributed by atoms with E-state index in [1.54, 1.807) is 7.11 Å². The lowest BCUT2D eigenvalue weighted by atomic mass is 10.1. The molecule has 2 nitrogen and oxygen atoms in total. The molecule has 0 radical (unpaired) electrons. The minimum Gasteiger partial charge on any atom is -0.356 e. The van der Waals surface area contributed by atoms with Crippen molar-refractivity contribution in [3.63, 3.8) is 0 Å². The zero-order chi connectivity index (χ0) is 15.2. The van der Waals surface area contributed by atoms with Crippen LogP contribution < -0.4 is 0 Å². The molecule has 0 spiro atoms. The second kappa shape index (κ2) is 12.6. The van der Waals surface area contributed by atoms with Crippen LogP contribution in [0.4, 0.5) is 0 Å². The molecule has 1 aromatic rings. The summed E-state index contributed by atoms with van der Waals surface area (Å²) in [5, 5.41) is 0. The highest BCUT2D eigenvalue weighted by molar-refractivity contribution is 5.14. The van der Waals surface area contributed by atoms with Gasteiger partial charge in [-0.1, -0.05) is 62.1 Å². The van der Waals surface area contributed by atoms with Gasteiger partial charge in [0.15, 0.2) is 6.29 Å². The molecule has 0 saturated carbocycles. The predicted octanol–water partition coefficient (Wildman–Crippen LogP) is 5.13. The van der Waals surface area contributed by atoms with E-state index < -0.39 is 0 Å². The van der Waals surface area contributed by atoms with Crippen LogP contribution in [0.5, 0.6) is 0 Å². The van der Waals surface area contributed by atoms with Gasteiger partial charge in [-0.15, -0.1) is 6.58 Å². The summed E-state index contributed by atoms with van der Waals surface area (Å²) in [6, 6.07) is 10.3. The SMILES string of the molecule is C=CCCCCCCCCOC(Cc1ccccc1)OC. The molecule has 118 valence electrons. The molecule has 0 heterocycles. The van der Waals surface area contributed by atoms with Crippen molar-refractivity contribution in [2.75, 3.05) is 13.7 Å². The van der Waals surface area contributed by atoms with Gasteiger partial charge in [0.25, 0.3) is 0 Å². The lowest BCUT2D eigenvalue weighted by Crippen LogP contribution is -2.19. The Morgan fingerprint density at radius 2 is 1.67 bits per heavy atom. The Morgan fingerprint density at radius 1 is 1.00 bits per heavy atom. The van der Waals surface area contributed by atoms with Crippen molar-refractivity contribution in [2.45, 2.75) is 57.7 Å². The van der Waals surface area contributed by atoms with Crippen LogP contribution in [0.25, 0.3) is 0 Å². The van der Waals surface area contributed by atoms with E-state index in [0.29, 0.717) is 0 Å². The quantitative estimate of drug-likeness (QED) is 0.285. The van der Waals surface area contributed by atoms with Gasteiger partial charge in [0.1, 0.15) is 0 Å². The Labute approximate surface area is 130 Å². The van der Waals surface area contributed by atoms with Gasteiger partial charge >= 0.3 is 0 Å². The lowest BCUT2D eigenvalue weighted by molar-refractivity contribution is -0.123. The second-order valence-corrected chi connectivity index (χ2v) is 5.42. The van der Waals surface area contributed by atoms with Gasteiger partial charge in [-0.2, -0.15) is 0 Å². The van der Waals surface area contributed by atoms with Crippen molar-refractivity contribution >= 4 is 0 Å². The maximum absolute atomic E-state index is 5.80. The number of unbranched alkanes of at least 4 members (excludes halogenated alkanes) is 6. The topological polar surface area (TPSA) is 18.5 Å². The first-order valence-corrected chi connectivity index (χ1v) is 8.16. The second-order valence-electron chi connectivity index (χ2n) is 5.42. The Bertz CT molecular complexity index is 348. The fourth-order valence-corrected chi connectivity index (χ4v) is 2.33. The molecule has 0 aliphatic carbocycles. The standard InChI is InChI=1S/C19H30O2/c1-3-4-5-6-7-8-9-13-16-21-19(20-2)17-18-14-11-10-12-15-18/h3,10-12,14-15,19H,1,4-9,13,16-17H2,2H3. The largest absolute Gasteiger partial charge is 0.356 e. The first kappa shape index (κ1) is 17.9. The number of methoxy groups -OCH3 is 1. The molecule has 0 N–H and O–H groups in total. The fraction of sp³-hybridized carbons (Fsp3) is 0.579. The Kier molecular flexibility index (Phi) is 10.8. The molecule has 1 rings (SSSR count). The van der Waals surface area contributed by atoms with Crippen LogP contribution in [-0.2, 0) is 15.9 Å². The van der Waals surface area contributed by atoms with Crippen LogP contribution in [0.2, 0.25) is 0 Å². The first-order valence-electron chi connectivity index (χ1n) is 8.16. The molecule has 2 heteroatoms. The normalized spacial score (nSPS) is 12.2. The molecule has 21 heavy (non-hydrogen) atoms. The summed E-state index contributed by atoms with van der Waals surface area (Å²) in [5.41, 5.74) is 1.26. The van der Waals surface area contributed by atoms with E-state index in [-0.39, 0.29) is 6.29 Å². The predicted molar refractivity (Wildman–Crippen MR) is 89.4 cm³/mol. The summed E-state index contributed by atoms with van der Waals surface area (Å²) in [4.78, 5) is 0. The Morgan fingerprint density at radius 3 is 2.33 bits per heavy atom. The number of hydrogen-bond donors (Lipinski definition) is 0. The third kappa shape index (κ3) is 9.43. The molecule has 0 bridgehead atoms. The van der Waals surface area contributed by atoms with E-state index >= 15 is 0 Å². The van der Waals surface area contributed by atoms with E-state index in [9.17, 15) is 0 Å². The monoisotopic (exact) mass is 290 g/mol. The highest BCUT2D eigenvalue weighted by atomic mass is 16.7. The van der Waals surface area contributed by atoms with Crippen LogP contribution in [-0.4, -0.2) is 20.0 Å². The van der Waals surface area contributed by atoms with Crippen LogP contribution in [0, 0.1) is 0 Å². The molecule has 0 aliphatic heterocycles. The third-order valence-corrected chi connectivity index (χ3v) is 3.61. The molecule has 1 aromatic carbocycles. The molecule has 0 saturated heterocycles. The summed E-state index contributed by atoms with van der Waals surface area (Å²) in [5.74, 6) is 0. The smallest absolute Gasteiger partial charge is 0.161 e. The third-order valence-electron chi connectivity index (χ3n) is 3.61. The maximum atomic E-state index is 5.80. The van der Waals surface area contributed by atoms with E-state index in [4.69, 9.17) is 9.47 Å². The van der Waals surface area contributed by atoms with Crippen LogP contribution >= 0.6 is 0 Å². The highest BCUT2D eigenvalue weighted by Crippen LogP contribution is 2.10. The average molecular weight is 290 g/mol. The summed E-state index contributed by atoms with van der Waals surface area (Å²) >= 11 is 0. The summed E-state index contributed by atoms with van der Waals surface area (Å²) in [6.45, 7) is 4.53. The van der Waals surface area contributed by atoms with Crippen molar-refractivity contribution in [3.8, 4) is 0 Å². The number of ether oxygens (including phenoxy) is 2. The van der Waals surface area contributed by atoms with E-state index in [1.807, 2.05) is 12.1 Å². The van der Waals surface area contributed by atoms with Gasteiger partial charge in [-0.05, 0) is 24.8 Å². The number of rotatable bonds is 13. The van der Waals surface area contributed by atoms with E-state index in [1.165, 1.54) is 37.7 Å². The van der Waals surface area contributed by atoms with Gasteiger partial charge in [0.2, 0.25) is 0 Å². The molecule has 0 aromatic heterocycles. The number of allylic oxidation sites excluding steroid dienone is 1. The van der Waals surface area contributed by atoms with Gasteiger partial charge in [-0.25, -0.2) is 0 Å². The number of hydrogen-bond acceptors (Lipinski definition) is 2. The minimum absolute atomic E-state index is 0.125. The van der Waals surface area contributed by atoms with Crippen molar-refractivity contribution in [2.24, 2.45) is 0 Å². The van der Waals surface area contributed by atoms with Crippen LogP contribution in [0.1, 0.15) is 50.5 Å². The highest BCUT2D eigenvalue weighted by Gasteiger charge is 2.08. The van der Waals surface area contributed by atoms with Gasteiger partial charge in [0.05, 0.1) is 0 Å². The molecule has 0 aliphatic rings. The lowest BCUT2D eigenvalue weighted by Gasteiger charge is -2.16. The van der Waals surface area contributed by atoms with Crippen molar-refractivity contribution in [3.05, 3.63) is 48.6 Å². The Hall–Kier alpha value is -1.12. The minimum atomic E-state index is -0.125. The van der Waals surface area contributed by atoms with Crippen LogP contribution in [0.15, 0.2) is 43.0 Å². The van der Waals surface area contributed by atoms with Crippen molar-refractivity contribution < 1.29 is 9.47 Å². The molecular formula is C19H30O2. The summed E-state index contributed by atoms with van der Waals surface area (Å²) in [6.07, 6.45) is 11.4. The molecule has 0 amide bonds. The zero-order valence-corrected chi connectivity index (χ0v) is 13.4. The molecule has 1 atom stereocenters. The molecular weight excluding hydrogens is 260 g/mol. The fourth-order valence-electron chi connectivity index (χ4n) is 2.33. The first-order chi connectivity index (χ1) is 10.4. The summed E-state index contributed by atoms with van der Waals surface area (Å²) < 4.78 is 11.2. The van der Waals surface area contributed by atoms with E-state index in [0.717, 1.165) is 25.9 Å². The Balaban J connectivity index is 2.01. The van der Waals surface area contributed by atoms with Crippen molar-refractivity contribution in [1.82, 2.24) is 0 Å². The molecule has 1 unspecified atom stereocenters. The van der Waals surface area contributed by atoms with E-state index in [2.05, 4.69) is 30.8 Å². The van der Waals surface area contributed by atoms with Gasteiger partial charge in [0, 0.05) is 20.1 Å².